The summed E-state index contributed by atoms with van der Waals surface area (Å²) < 4.78 is 20.9. The van der Waals surface area contributed by atoms with Crippen molar-refractivity contribution in [3.05, 3.63) is 52.4 Å². The minimum absolute atomic E-state index is 0.0801. The minimum atomic E-state index is -0.598. The first-order chi connectivity index (χ1) is 11.1. The lowest BCUT2D eigenvalue weighted by atomic mass is 10.1. The van der Waals surface area contributed by atoms with E-state index >= 15 is 0 Å². The van der Waals surface area contributed by atoms with Crippen molar-refractivity contribution < 1.29 is 23.1 Å². The Balaban J connectivity index is 2.20. The lowest BCUT2D eigenvalue weighted by molar-refractivity contribution is -0.142. The number of benzene rings is 1. The highest BCUT2D eigenvalue weighted by Crippen LogP contribution is 2.31. The molecule has 23 heavy (non-hydrogen) atoms. The number of rotatable bonds is 4. The van der Waals surface area contributed by atoms with Gasteiger partial charge < -0.3 is 18.3 Å². The molecule has 0 bridgehead atoms. The number of hydrogen-bond acceptors (Lipinski definition) is 6. The van der Waals surface area contributed by atoms with Crippen LogP contribution in [0.2, 0.25) is 0 Å². The van der Waals surface area contributed by atoms with E-state index in [1.54, 1.807) is 24.3 Å². The summed E-state index contributed by atoms with van der Waals surface area (Å²) >= 11 is 0. The summed E-state index contributed by atoms with van der Waals surface area (Å²) in [7, 11) is 1.24. The number of esters is 1. The summed E-state index contributed by atoms with van der Waals surface area (Å²) in [5.41, 5.74) is 0.956. The van der Waals surface area contributed by atoms with Crippen molar-refractivity contribution in [2.24, 2.45) is 0 Å². The number of ether oxygens (including phenoxy) is 2. The van der Waals surface area contributed by atoms with Crippen LogP contribution < -0.4 is 10.2 Å². The molecule has 6 nitrogen and oxygen atoms in total. The Hall–Kier alpha value is -3.02. The largest absolute Gasteiger partial charge is 0.474 e. The molecule has 0 atom stereocenters. The van der Waals surface area contributed by atoms with Crippen molar-refractivity contribution in [2.45, 2.75) is 6.92 Å². The van der Waals surface area contributed by atoms with E-state index in [0.717, 1.165) is 5.56 Å². The summed E-state index contributed by atoms with van der Waals surface area (Å²) in [6.45, 7) is 1.47. The molecule has 0 aliphatic rings. The number of furan rings is 1. The van der Waals surface area contributed by atoms with Gasteiger partial charge in [-0.25, -0.2) is 4.79 Å². The second kappa shape index (κ2) is 6.00. The molecule has 6 heteroatoms. The van der Waals surface area contributed by atoms with Crippen LogP contribution in [-0.4, -0.2) is 19.7 Å². The van der Waals surface area contributed by atoms with Crippen LogP contribution >= 0.6 is 0 Å². The Morgan fingerprint density at radius 1 is 1.26 bits per heavy atom. The molecule has 0 saturated heterocycles. The molecule has 118 valence electrons. The van der Waals surface area contributed by atoms with Crippen molar-refractivity contribution in [3.63, 3.8) is 0 Å². The predicted molar refractivity (Wildman–Crippen MR) is 82.4 cm³/mol. The van der Waals surface area contributed by atoms with Crippen LogP contribution in [0, 0.1) is 6.92 Å². The molecule has 0 aliphatic carbocycles. The third kappa shape index (κ3) is 2.83. The predicted octanol–water partition coefficient (Wildman–Crippen LogP) is 2.91. The first-order valence-corrected chi connectivity index (χ1v) is 6.91. The number of carbonyl (C=O) groups excluding carboxylic acids is 1. The average molecular weight is 314 g/mol. The second-order valence-corrected chi connectivity index (χ2v) is 4.93. The zero-order chi connectivity index (χ0) is 16.4. The van der Waals surface area contributed by atoms with Gasteiger partial charge in [-0.2, -0.15) is 0 Å². The third-order valence-electron chi connectivity index (χ3n) is 3.31. The molecular weight excluding hydrogens is 300 g/mol. The van der Waals surface area contributed by atoms with Crippen LogP contribution in [0.15, 0.2) is 50.2 Å². The Morgan fingerprint density at radius 3 is 2.78 bits per heavy atom. The van der Waals surface area contributed by atoms with E-state index in [1.165, 1.54) is 13.4 Å². The van der Waals surface area contributed by atoms with Crippen LogP contribution in [0.4, 0.5) is 0 Å². The molecule has 0 amide bonds. The lowest BCUT2D eigenvalue weighted by Gasteiger charge is -2.09. The molecule has 0 fully saturated rings. The molecule has 0 spiro atoms. The van der Waals surface area contributed by atoms with Gasteiger partial charge in [0, 0.05) is 0 Å². The molecule has 3 aromatic rings. The second-order valence-electron chi connectivity index (χ2n) is 4.93. The monoisotopic (exact) mass is 314 g/mol. The zero-order valence-electron chi connectivity index (χ0n) is 12.6. The van der Waals surface area contributed by atoms with Gasteiger partial charge in [-0.15, -0.1) is 0 Å². The Bertz CT molecular complexity index is 905. The Labute approximate surface area is 131 Å². The highest BCUT2D eigenvalue weighted by atomic mass is 16.6. The molecule has 1 aromatic carbocycles. The van der Waals surface area contributed by atoms with E-state index in [4.69, 9.17) is 13.6 Å². The van der Waals surface area contributed by atoms with Crippen molar-refractivity contribution in [3.8, 4) is 17.3 Å². The van der Waals surface area contributed by atoms with Gasteiger partial charge in [0.15, 0.2) is 12.4 Å². The number of hydrogen-bond donors (Lipinski definition) is 0. The fourth-order valence-electron chi connectivity index (χ4n) is 2.18. The number of methoxy groups -OCH3 is 1. The third-order valence-corrected chi connectivity index (χ3v) is 3.31. The van der Waals surface area contributed by atoms with Crippen LogP contribution in [0.3, 0.4) is 0 Å². The van der Waals surface area contributed by atoms with Gasteiger partial charge in [0.2, 0.25) is 16.9 Å². The minimum Gasteiger partial charge on any atom is -0.474 e. The quantitative estimate of drug-likeness (QED) is 0.689. The van der Waals surface area contributed by atoms with E-state index in [0.29, 0.717) is 16.7 Å². The van der Waals surface area contributed by atoms with E-state index < -0.39 is 12.6 Å². The molecule has 0 saturated carbocycles. The zero-order valence-corrected chi connectivity index (χ0v) is 12.6. The van der Waals surface area contributed by atoms with Gasteiger partial charge in [0.1, 0.15) is 5.58 Å². The number of aryl methyl sites for hydroxylation is 1. The van der Waals surface area contributed by atoms with Crippen LogP contribution in [0.5, 0.6) is 5.75 Å². The molecule has 0 radical (unpaired) electrons. The average Bonchev–Trinajstić information content (AvgIpc) is 3.08. The van der Waals surface area contributed by atoms with Crippen molar-refractivity contribution >= 4 is 16.9 Å². The van der Waals surface area contributed by atoms with E-state index in [-0.39, 0.29) is 16.9 Å². The topological polar surface area (TPSA) is 78.9 Å². The van der Waals surface area contributed by atoms with Gasteiger partial charge in [-0.1, -0.05) is 11.6 Å². The van der Waals surface area contributed by atoms with E-state index in [1.807, 2.05) is 13.0 Å². The van der Waals surface area contributed by atoms with E-state index in [2.05, 4.69) is 4.74 Å². The van der Waals surface area contributed by atoms with E-state index in [9.17, 15) is 9.59 Å². The Kier molecular flexibility index (Phi) is 3.89. The van der Waals surface area contributed by atoms with Gasteiger partial charge in [-0.3, -0.25) is 4.79 Å². The molecule has 0 aliphatic heterocycles. The molecule has 0 unspecified atom stereocenters. The number of carbonyl (C=O) groups is 1. The van der Waals surface area contributed by atoms with Gasteiger partial charge >= 0.3 is 5.97 Å². The summed E-state index contributed by atoms with van der Waals surface area (Å²) in [4.78, 5) is 24.0. The summed E-state index contributed by atoms with van der Waals surface area (Å²) in [5.74, 6) is -0.202. The van der Waals surface area contributed by atoms with Crippen LogP contribution in [-0.2, 0) is 9.53 Å². The van der Waals surface area contributed by atoms with Gasteiger partial charge in [-0.05, 0) is 31.2 Å². The molecule has 2 aromatic heterocycles. The molecule has 0 N–H and O–H groups in total. The van der Waals surface area contributed by atoms with Gasteiger partial charge in [0.05, 0.1) is 18.8 Å². The van der Waals surface area contributed by atoms with Crippen LogP contribution in [0.1, 0.15) is 5.56 Å². The first-order valence-electron chi connectivity index (χ1n) is 6.91. The smallest absolute Gasteiger partial charge is 0.343 e. The lowest BCUT2D eigenvalue weighted by Crippen LogP contribution is -2.17. The van der Waals surface area contributed by atoms with Crippen molar-refractivity contribution in [2.75, 3.05) is 13.7 Å². The fourth-order valence-corrected chi connectivity index (χ4v) is 2.18. The molecule has 2 heterocycles. The highest BCUT2D eigenvalue weighted by molar-refractivity contribution is 5.82. The van der Waals surface area contributed by atoms with Crippen molar-refractivity contribution in [1.29, 1.82) is 0 Å². The summed E-state index contributed by atoms with van der Waals surface area (Å²) in [5, 5.41) is 0.375. The molecule has 3 rings (SSSR count). The van der Waals surface area contributed by atoms with Crippen molar-refractivity contribution in [1.82, 2.24) is 0 Å². The number of fused-ring (bicyclic) bond motifs is 1. The fraction of sp³-hybridized carbons (Fsp3) is 0.176. The maximum Gasteiger partial charge on any atom is 0.343 e. The Morgan fingerprint density at radius 2 is 2.09 bits per heavy atom. The highest BCUT2D eigenvalue weighted by Gasteiger charge is 2.20. The SMILES string of the molecule is COC(=O)COc1c(-c2ccco2)oc2ccc(C)cc2c1=O. The molecular formula is C17H14O6. The normalized spacial score (nSPS) is 10.7. The summed E-state index contributed by atoms with van der Waals surface area (Å²) in [6, 6.07) is 8.56. The van der Waals surface area contributed by atoms with Gasteiger partial charge in [0.25, 0.3) is 0 Å². The standard InChI is InChI=1S/C17H14O6/c1-10-5-6-12-11(8-10)15(19)17(22-9-14(18)20-2)16(23-12)13-4-3-7-21-13/h3-8H,9H2,1-2H3. The summed E-state index contributed by atoms with van der Waals surface area (Å²) in [6.07, 6.45) is 1.46. The first kappa shape index (κ1) is 14.9. The maximum absolute atomic E-state index is 12.7. The maximum atomic E-state index is 12.7. The van der Waals surface area contributed by atoms with Crippen LogP contribution in [0.25, 0.3) is 22.5 Å².